The molecule has 0 nitrogen and oxygen atoms in total. The van der Waals surface area contributed by atoms with Gasteiger partial charge >= 0.3 is 0 Å². The first-order chi connectivity index (χ1) is 8.70. The number of hydrogen-bond acceptors (Lipinski definition) is 0. The third kappa shape index (κ3) is 3.34. The Hall–Kier alpha value is -0.850. The van der Waals surface area contributed by atoms with E-state index in [2.05, 4.69) is 19.9 Å². The van der Waals surface area contributed by atoms with E-state index in [4.69, 9.17) is 0 Å². The predicted molar refractivity (Wildman–Crippen MR) is 75.4 cm³/mol. The van der Waals surface area contributed by atoms with Crippen molar-refractivity contribution in [1.82, 2.24) is 0 Å². The fourth-order valence-corrected chi connectivity index (χ4v) is 3.01. The third-order valence-electron chi connectivity index (χ3n) is 4.34. The van der Waals surface area contributed by atoms with E-state index in [1.54, 1.807) is 6.07 Å². The maximum absolute atomic E-state index is 14.2. The molecule has 1 aromatic rings. The van der Waals surface area contributed by atoms with Gasteiger partial charge in [0.15, 0.2) is 0 Å². The molecule has 1 aliphatic carbocycles. The Kier molecular flexibility index (Phi) is 4.79. The molecule has 1 saturated carbocycles. The Morgan fingerprint density at radius 2 is 1.89 bits per heavy atom. The summed E-state index contributed by atoms with van der Waals surface area (Å²) in [6.45, 7) is 4.48. The third-order valence-corrected chi connectivity index (χ3v) is 4.34. The first kappa shape index (κ1) is 13.6. The van der Waals surface area contributed by atoms with E-state index in [1.807, 2.05) is 6.07 Å². The van der Waals surface area contributed by atoms with Crippen LogP contribution in [-0.2, 0) is 6.42 Å². The molecule has 0 aromatic heterocycles. The summed E-state index contributed by atoms with van der Waals surface area (Å²) in [6.07, 6.45) is 8.15. The van der Waals surface area contributed by atoms with Gasteiger partial charge in [-0.1, -0.05) is 45.2 Å². The highest BCUT2D eigenvalue weighted by atomic mass is 19.1. The van der Waals surface area contributed by atoms with Crippen molar-refractivity contribution in [3.63, 3.8) is 0 Å². The molecule has 1 fully saturated rings. The van der Waals surface area contributed by atoms with Crippen LogP contribution < -0.4 is 0 Å². The lowest BCUT2D eigenvalue weighted by Gasteiger charge is -2.26. The van der Waals surface area contributed by atoms with Crippen molar-refractivity contribution >= 4 is 0 Å². The van der Waals surface area contributed by atoms with Crippen LogP contribution >= 0.6 is 0 Å². The summed E-state index contributed by atoms with van der Waals surface area (Å²) in [5.74, 6) is 1.32. The van der Waals surface area contributed by atoms with Crippen LogP contribution in [0.2, 0.25) is 0 Å². The monoisotopic (exact) mass is 248 g/mol. The number of rotatable bonds is 4. The number of aryl methyl sites for hydroxylation is 1. The standard InChI is InChI=1S/C17H25F/c1-3-4-5-14-8-11-16(17(18)12-14)15-9-6-13(2)7-10-15/h8,11-13,15H,3-7,9-10H2,1-2H3. The molecule has 0 aliphatic heterocycles. The van der Waals surface area contributed by atoms with Gasteiger partial charge in [-0.3, -0.25) is 0 Å². The second-order valence-electron chi connectivity index (χ2n) is 5.92. The SMILES string of the molecule is CCCCc1ccc(C2CCC(C)CC2)c(F)c1. The van der Waals surface area contributed by atoms with Gasteiger partial charge in [0.2, 0.25) is 0 Å². The van der Waals surface area contributed by atoms with Crippen molar-refractivity contribution in [2.45, 2.75) is 64.7 Å². The maximum Gasteiger partial charge on any atom is 0.126 e. The van der Waals surface area contributed by atoms with Crippen molar-refractivity contribution in [2.75, 3.05) is 0 Å². The molecule has 1 aromatic carbocycles. The minimum atomic E-state index is 0.0307. The number of unbranched alkanes of at least 4 members (excludes halogenated alkanes) is 1. The van der Waals surface area contributed by atoms with E-state index in [1.165, 1.54) is 19.3 Å². The van der Waals surface area contributed by atoms with E-state index in [0.717, 1.165) is 42.7 Å². The van der Waals surface area contributed by atoms with Crippen LogP contribution in [0, 0.1) is 11.7 Å². The van der Waals surface area contributed by atoms with Crippen LogP contribution in [0.5, 0.6) is 0 Å². The summed E-state index contributed by atoms with van der Waals surface area (Å²) in [5.41, 5.74) is 2.12. The highest BCUT2D eigenvalue weighted by Gasteiger charge is 2.22. The van der Waals surface area contributed by atoms with Gasteiger partial charge in [-0.05, 0) is 54.7 Å². The Morgan fingerprint density at radius 3 is 2.50 bits per heavy atom. The van der Waals surface area contributed by atoms with Gasteiger partial charge in [0.1, 0.15) is 5.82 Å². The van der Waals surface area contributed by atoms with E-state index in [9.17, 15) is 4.39 Å². The smallest absolute Gasteiger partial charge is 0.126 e. The summed E-state index contributed by atoms with van der Waals surface area (Å²) in [6, 6.07) is 5.94. The average molecular weight is 248 g/mol. The Bertz CT molecular complexity index is 375. The predicted octanol–water partition coefficient (Wildman–Crippen LogP) is 5.46. The largest absolute Gasteiger partial charge is 0.207 e. The number of hydrogen-bond donors (Lipinski definition) is 0. The lowest BCUT2D eigenvalue weighted by molar-refractivity contribution is 0.342. The van der Waals surface area contributed by atoms with Crippen LogP contribution in [0.1, 0.15) is 69.4 Å². The molecule has 0 spiro atoms. The van der Waals surface area contributed by atoms with Gasteiger partial charge in [0.25, 0.3) is 0 Å². The number of benzene rings is 1. The normalized spacial score (nSPS) is 24.2. The molecule has 0 radical (unpaired) electrons. The first-order valence-electron chi connectivity index (χ1n) is 7.49. The summed E-state index contributed by atoms with van der Waals surface area (Å²) in [4.78, 5) is 0. The molecular formula is C17H25F. The van der Waals surface area contributed by atoms with Crippen molar-refractivity contribution in [3.8, 4) is 0 Å². The van der Waals surface area contributed by atoms with Crippen LogP contribution in [0.25, 0.3) is 0 Å². The van der Waals surface area contributed by atoms with Crippen LogP contribution in [0.3, 0.4) is 0 Å². The Balaban J connectivity index is 2.05. The van der Waals surface area contributed by atoms with Crippen molar-refractivity contribution in [3.05, 3.63) is 35.1 Å². The summed E-state index contributed by atoms with van der Waals surface area (Å²) in [7, 11) is 0. The molecule has 18 heavy (non-hydrogen) atoms. The van der Waals surface area contributed by atoms with E-state index < -0.39 is 0 Å². The molecule has 0 N–H and O–H groups in total. The molecular weight excluding hydrogens is 223 g/mol. The minimum Gasteiger partial charge on any atom is -0.207 e. The Morgan fingerprint density at radius 1 is 1.17 bits per heavy atom. The number of halogens is 1. The van der Waals surface area contributed by atoms with E-state index in [-0.39, 0.29) is 5.82 Å². The van der Waals surface area contributed by atoms with Crippen LogP contribution in [-0.4, -0.2) is 0 Å². The zero-order valence-corrected chi connectivity index (χ0v) is 11.7. The zero-order valence-electron chi connectivity index (χ0n) is 11.7. The fraction of sp³-hybridized carbons (Fsp3) is 0.647. The molecule has 2 rings (SSSR count). The van der Waals surface area contributed by atoms with Crippen LogP contribution in [0.4, 0.5) is 4.39 Å². The molecule has 0 saturated heterocycles. The first-order valence-corrected chi connectivity index (χ1v) is 7.49. The molecule has 1 aliphatic rings. The van der Waals surface area contributed by atoms with Crippen molar-refractivity contribution < 1.29 is 4.39 Å². The maximum atomic E-state index is 14.2. The highest BCUT2D eigenvalue weighted by Crippen LogP contribution is 2.36. The molecule has 0 atom stereocenters. The van der Waals surface area contributed by atoms with Gasteiger partial charge in [-0.2, -0.15) is 0 Å². The molecule has 0 amide bonds. The van der Waals surface area contributed by atoms with Crippen LogP contribution in [0.15, 0.2) is 18.2 Å². The molecule has 0 heterocycles. The average Bonchev–Trinajstić information content (AvgIpc) is 2.38. The molecule has 0 unspecified atom stereocenters. The second kappa shape index (κ2) is 6.36. The minimum absolute atomic E-state index is 0.0307. The van der Waals surface area contributed by atoms with Gasteiger partial charge in [0, 0.05) is 0 Å². The topological polar surface area (TPSA) is 0 Å². The summed E-state index contributed by atoms with van der Waals surface area (Å²) < 4.78 is 14.2. The van der Waals surface area contributed by atoms with Crippen molar-refractivity contribution in [1.29, 1.82) is 0 Å². The molecule has 0 bridgehead atoms. The van der Waals surface area contributed by atoms with Gasteiger partial charge in [-0.15, -0.1) is 0 Å². The van der Waals surface area contributed by atoms with Gasteiger partial charge in [-0.25, -0.2) is 4.39 Å². The lowest BCUT2D eigenvalue weighted by Crippen LogP contribution is -2.12. The quantitative estimate of drug-likeness (QED) is 0.663. The van der Waals surface area contributed by atoms with E-state index >= 15 is 0 Å². The summed E-state index contributed by atoms with van der Waals surface area (Å²) in [5, 5.41) is 0. The Labute approximate surface area is 111 Å². The molecule has 100 valence electrons. The fourth-order valence-electron chi connectivity index (χ4n) is 3.01. The highest BCUT2D eigenvalue weighted by molar-refractivity contribution is 5.27. The van der Waals surface area contributed by atoms with Gasteiger partial charge in [0.05, 0.1) is 0 Å². The lowest BCUT2D eigenvalue weighted by atomic mass is 9.79. The molecule has 1 heteroatoms. The zero-order chi connectivity index (χ0) is 13.0. The van der Waals surface area contributed by atoms with Gasteiger partial charge < -0.3 is 0 Å². The van der Waals surface area contributed by atoms with E-state index in [0.29, 0.717) is 5.92 Å². The second-order valence-corrected chi connectivity index (χ2v) is 5.92. The summed E-state index contributed by atoms with van der Waals surface area (Å²) >= 11 is 0. The van der Waals surface area contributed by atoms with Crippen molar-refractivity contribution in [2.24, 2.45) is 5.92 Å².